The van der Waals surface area contributed by atoms with E-state index in [0.29, 0.717) is 26.2 Å². The Morgan fingerprint density at radius 3 is 2.45 bits per heavy atom. The average molecular weight is 482 g/mol. The second kappa shape index (κ2) is 8.93. The van der Waals surface area contributed by atoms with Gasteiger partial charge in [0.05, 0.1) is 23.7 Å². The van der Waals surface area contributed by atoms with Crippen molar-refractivity contribution in [1.82, 2.24) is 4.31 Å². The zero-order chi connectivity index (χ0) is 23.0. The summed E-state index contributed by atoms with van der Waals surface area (Å²) in [5, 5.41) is 2.84. The van der Waals surface area contributed by atoms with Crippen molar-refractivity contribution in [3.05, 3.63) is 72.3 Å². The van der Waals surface area contributed by atoms with E-state index in [2.05, 4.69) is 16.3 Å². The molecule has 3 aromatic rings. The molecule has 0 aliphatic carbocycles. The molecule has 2 heterocycles. The summed E-state index contributed by atoms with van der Waals surface area (Å²) in [7, 11) is -1.82. The zero-order valence-corrected chi connectivity index (χ0v) is 20.3. The molecule has 8 heteroatoms. The highest BCUT2D eigenvalue weighted by atomic mass is 32.2. The number of piperazine rings is 1. The normalized spacial score (nSPS) is 17.0. The largest absolute Gasteiger partial charge is 0.497 e. The van der Waals surface area contributed by atoms with Crippen LogP contribution in [0.25, 0.3) is 0 Å². The van der Waals surface area contributed by atoms with E-state index < -0.39 is 15.3 Å². The minimum Gasteiger partial charge on any atom is -0.497 e. The predicted octanol–water partition coefficient (Wildman–Crippen LogP) is 5.12. The Morgan fingerprint density at radius 1 is 0.909 bits per heavy atom. The molecule has 0 radical (unpaired) electrons. The lowest BCUT2D eigenvalue weighted by molar-refractivity contribution is 0.379. The Labute approximate surface area is 199 Å². The van der Waals surface area contributed by atoms with Crippen molar-refractivity contribution in [1.29, 1.82) is 0 Å². The van der Waals surface area contributed by atoms with E-state index in [1.165, 1.54) is 4.90 Å². The molecule has 2 aliphatic rings. The summed E-state index contributed by atoms with van der Waals surface area (Å²) in [5.41, 5.74) is 3.87. The number of ether oxygens (including phenoxy) is 1. The van der Waals surface area contributed by atoms with Gasteiger partial charge in [-0.2, -0.15) is 4.31 Å². The fraction of sp³-hybridized carbons (Fsp3) is 0.280. The fourth-order valence-electron chi connectivity index (χ4n) is 4.31. The molecule has 0 saturated carbocycles. The first-order valence-corrected chi connectivity index (χ1v) is 13.3. The molecule has 1 unspecified atom stereocenters. The third kappa shape index (κ3) is 4.30. The Kier molecular flexibility index (Phi) is 5.99. The van der Waals surface area contributed by atoms with E-state index in [1.54, 1.807) is 30.1 Å². The summed E-state index contributed by atoms with van der Waals surface area (Å²) < 4.78 is 33.9. The molecule has 33 heavy (non-hydrogen) atoms. The van der Waals surface area contributed by atoms with Gasteiger partial charge in [0.1, 0.15) is 5.75 Å². The number of methoxy groups -OCH3 is 1. The van der Waals surface area contributed by atoms with Crippen LogP contribution in [0.3, 0.4) is 0 Å². The molecular weight excluding hydrogens is 454 g/mol. The Morgan fingerprint density at radius 2 is 1.67 bits per heavy atom. The molecule has 0 spiro atoms. The van der Waals surface area contributed by atoms with Crippen molar-refractivity contribution in [3.8, 4) is 5.75 Å². The summed E-state index contributed by atoms with van der Waals surface area (Å²) in [6.45, 7) is 4.03. The van der Waals surface area contributed by atoms with Gasteiger partial charge in [0.15, 0.2) is 0 Å². The van der Waals surface area contributed by atoms with E-state index in [-0.39, 0.29) is 0 Å². The maximum absolute atomic E-state index is 13.5. The third-order valence-corrected chi connectivity index (χ3v) is 9.72. The minimum atomic E-state index is -3.47. The summed E-state index contributed by atoms with van der Waals surface area (Å²) in [4.78, 5) is 4.48. The number of nitrogens with zero attached hydrogens (tertiary/aromatic N) is 2. The Hall–Kier alpha value is -2.68. The van der Waals surface area contributed by atoms with E-state index in [0.717, 1.165) is 33.3 Å². The molecule has 1 N–H and O–H groups in total. The van der Waals surface area contributed by atoms with Crippen LogP contribution in [0.4, 0.5) is 17.1 Å². The molecule has 2 aliphatic heterocycles. The number of sulfonamides is 1. The van der Waals surface area contributed by atoms with Crippen molar-refractivity contribution >= 4 is 38.8 Å². The first-order valence-electron chi connectivity index (χ1n) is 11.0. The standard InChI is InChI=1S/C25H27N3O3S2/c1-18(19-10-11-25-23(16-19)26-22-8-3-4-9-24(22)32-25)33(29,30)28-14-12-27(13-15-28)20-6-5-7-21(17-20)31-2/h3-11,16-18,26H,12-15H2,1-2H3. The van der Waals surface area contributed by atoms with Gasteiger partial charge in [-0.1, -0.05) is 36.0 Å². The minimum absolute atomic E-state index is 0.469. The second-order valence-corrected chi connectivity index (χ2v) is 11.6. The molecule has 3 aromatic carbocycles. The van der Waals surface area contributed by atoms with Gasteiger partial charge >= 0.3 is 0 Å². The van der Waals surface area contributed by atoms with Gasteiger partial charge in [-0.3, -0.25) is 0 Å². The van der Waals surface area contributed by atoms with E-state index in [1.807, 2.05) is 60.7 Å². The molecule has 1 fully saturated rings. The lowest BCUT2D eigenvalue weighted by Gasteiger charge is -2.36. The lowest BCUT2D eigenvalue weighted by Crippen LogP contribution is -2.49. The van der Waals surface area contributed by atoms with Crippen LogP contribution in [0.15, 0.2) is 76.5 Å². The Bertz CT molecular complexity index is 1270. The number of rotatable bonds is 5. The summed E-state index contributed by atoms with van der Waals surface area (Å²) in [6, 6.07) is 22.0. The van der Waals surface area contributed by atoms with Crippen molar-refractivity contribution in [3.63, 3.8) is 0 Å². The maximum Gasteiger partial charge on any atom is 0.221 e. The van der Waals surface area contributed by atoms with Gasteiger partial charge < -0.3 is 15.0 Å². The number of benzene rings is 3. The van der Waals surface area contributed by atoms with Gasteiger partial charge in [0, 0.05) is 47.7 Å². The van der Waals surface area contributed by atoms with Gasteiger partial charge in [0.25, 0.3) is 0 Å². The first-order chi connectivity index (χ1) is 16.0. The van der Waals surface area contributed by atoms with Gasteiger partial charge in [-0.15, -0.1) is 0 Å². The number of nitrogens with one attached hydrogen (secondary N) is 1. The predicted molar refractivity (Wildman–Crippen MR) is 134 cm³/mol. The van der Waals surface area contributed by atoms with Crippen molar-refractivity contribution in [2.45, 2.75) is 22.0 Å². The highest BCUT2D eigenvalue weighted by Gasteiger charge is 2.33. The summed E-state index contributed by atoms with van der Waals surface area (Å²) in [5.74, 6) is 0.804. The van der Waals surface area contributed by atoms with E-state index in [9.17, 15) is 8.42 Å². The smallest absolute Gasteiger partial charge is 0.221 e. The SMILES string of the molecule is COc1cccc(N2CCN(S(=O)(=O)C(C)c3ccc4c(c3)Nc3ccccc3S4)CC2)c1. The number of hydrogen-bond donors (Lipinski definition) is 1. The molecule has 0 amide bonds. The van der Waals surface area contributed by atoms with Crippen LogP contribution >= 0.6 is 11.8 Å². The van der Waals surface area contributed by atoms with Crippen molar-refractivity contribution in [2.24, 2.45) is 0 Å². The molecular formula is C25H27N3O3S2. The summed E-state index contributed by atoms with van der Waals surface area (Å²) >= 11 is 1.70. The van der Waals surface area contributed by atoms with Crippen molar-refractivity contribution in [2.75, 3.05) is 43.5 Å². The summed E-state index contributed by atoms with van der Waals surface area (Å²) in [6.07, 6.45) is 0. The average Bonchev–Trinajstić information content (AvgIpc) is 2.86. The van der Waals surface area contributed by atoms with Gasteiger partial charge in [-0.05, 0) is 48.9 Å². The van der Waals surface area contributed by atoms with Crippen LogP contribution in [-0.4, -0.2) is 46.0 Å². The van der Waals surface area contributed by atoms with Crippen LogP contribution in [-0.2, 0) is 10.0 Å². The number of anilines is 3. The van der Waals surface area contributed by atoms with Crippen LogP contribution in [0.2, 0.25) is 0 Å². The van der Waals surface area contributed by atoms with E-state index in [4.69, 9.17) is 4.74 Å². The van der Waals surface area contributed by atoms with Crippen LogP contribution in [0, 0.1) is 0 Å². The van der Waals surface area contributed by atoms with Gasteiger partial charge in [-0.25, -0.2) is 8.42 Å². The first kappa shape index (κ1) is 22.1. The van der Waals surface area contributed by atoms with Crippen molar-refractivity contribution < 1.29 is 13.2 Å². The number of hydrogen-bond acceptors (Lipinski definition) is 6. The molecule has 172 valence electrons. The quantitative estimate of drug-likeness (QED) is 0.427. The number of fused-ring (bicyclic) bond motifs is 2. The lowest BCUT2D eigenvalue weighted by atomic mass is 10.1. The highest BCUT2D eigenvalue weighted by Crippen LogP contribution is 2.45. The fourth-order valence-corrected chi connectivity index (χ4v) is 6.89. The molecule has 5 rings (SSSR count). The Balaban J connectivity index is 1.30. The topological polar surface area (TPSA) is 61.9 Å². The molecule has 0 bridgehead atoms. The molecule has 1 saturated heterocycles. The second-order valence-electron chi connectivity index (χ2n) is 8.25. The number of para-hydroxylation sites is 1. The third-order valence-electron chi connectivity index (χ3n) is 6.31. The molecule has 1 atom stereocenters. The van der Waals surface area contributed by atoms with Crippen LogP contribution in [0.1, 0.15) is 17.7 Å². The van der Waals surface area contributed by atoms with Gasteiger partial charge in [0.2, 0.25) is 10.0 Å². The molecule has 0 aromatic heterocycles. The maximum atomic E-state index is 13.5. The monoisotopic (exact) mass is 481 g/mol. The highest BCUT2D eigenvalue weighted by molar-refractivity contribution is 7.99. The molecule has 6 nitrogen and oxygen atoms in total. The van der Waals surface area contributed by atoms with E-state index >= 15 is 0 Å². The van der Waals surface area contributed by atoms with Crippen LogP contribution in [0.5, 0.6) is 5.75 Å². The zero-order valence-electron chi connectivity index (χ0n) is 18.7. The van der Waals surface area contributed by atoms with Crippen LogP contribution < -0.4 is 15.0 Å².